The molecule has 104 valence electrons. The second-order valence-electron chi connectivity index (χ2n) is 5.95. The Morgan fingerprint density at radius 1 is 1.26 bits per heavy atom. The summed E-state index contributed by atoms with van der Waals surface area (Å²) in [5.74, 6) is -0.646. The van der Waals surface area contributed by atoms with Crippen molar-refractivity contribution in [3.63, 3.8) is 0 Å². The lowest BCUT2D eigenvalue weighted by Gasteiger charge is -2.41. The number of carboxylic acids is 1. The predicted octanol–water partition coefficient (Wildman–Crippen LogP) is 3.30. The first kappa shape index (κ1) is 13.9. The molecule has 0 unspecified atom stereocenters. The number of nitrogens with zero attached hydrogens (tertiary/aromatic N) is 1. The van der Waals surface area contributed by atoms with Gasteiger partial charge in [0.05, 0.1) is 5.41 Å². The van der Waals surface area contributed by atoms with Gasteiger partial charge in [-0.2, -0.15) is 0 Å². The Balaban J connectivity index is 2.23. The fraction of sp³-hybridized carbons (Fsp3) is 0.562. The molecule has 1 saturated carbocycles. The lowest BCUT2D eigenvalue weighted by molar-refractivity contribution is -0.153. The molecule has 1 fully saturated rings. The fourth-order valence-corrected chi connectivity index (χ4v) is 2.94. The maximum absolute atomic E-state index is 11.4. The summed E-state index contributed by atoms with van der Waals surface area (Å²) in [6.45, 7) is 6.95. The van der Waals surface area contributed by atoms with Gasteiger partial charge in [0.2, 0.25) is 0 Å². The Hall–Kier alpha value is -1.51. The zero-order valence-corrected chi connectivity index (χ0v) is 12.3. The number of hydrogen-bond acceptors (Lipinski definition) is 2. The van der Waals surface area contributed by atoms with Crippen LogP contribution in [0.4, 0.5) is 5.69 Å². The van der Waals surface area contributed by atoms with Crippen LogP contribution in [0.1, 0.15) is 36.0 Å². The van der Waals surface area contributed by atoms with E-state index in [1.54, 1.807) is 0 Å². The summed E-state index contributed by atoms with van der Waals surface area (Å²) in [5, 5.41) is 9.42. The summed E-state index contributed by atoms with van der Waals surface area (Å²) in [7, 11) is 2.00. The average molecular weight is 261 g/mol. The average Bonchev–Trinajstić information content (AvgIpc) is 2.30. The first-order chi connectivity index (χ1) is 8.87. The van der Waals surface area contributed by atoms with Crippen LogP contribution in [0.5, 0.6) is 0 Å². The van der Waals surface area contributed by atoms with Crippen LogP contribution in [0.15, 0.2) is 12.1 Å². The van der Waals surface area contributed by atoms with Crippen molar-refractivity contribution >= 4 is 11.7 Å². The van der Waals surface area contributed by atoms with Crippen LogP contribution in [-0.4, -0.2) is 24.7 Å². The van der Waals surface area contributed by atoms with Crippen molar-refractivity contribution in [2.75, 3.05) is 18.5 Å². The predicted molar refractivity (Wildman–Crippen MR) is 77.8 cm³/mol. The van der Waals surface area contributed by atoms with Gasteiger partial charge in [-0.05, 0) is 56.4 Å². The number of carbonyl (C=O) groups is 1. The van der Waals surface area contributed by atoms with Crippen molar-refractivity contribution in [1.82, 2.24) is 0 Å². The van der Waals surface area contributed by atoms with E-state index in [0.29, 0.717) is 6.54 Å². The quantitative estimate of drug-likeness (QED) is 0.904. The molecule has 1 aromatic rings. The second kappa shape index (κ2) is 4.87. The molecule has 0 aromatic heterocycles. The summed E-state index contributed by atoms with van der Waals surface area (Å²) in [5.41, 5.74) is 4.45. The molecule has 3 heteroatoms. The fourth-order valence-electron chi connectivity index (χ4n) is 2.94. The molecule has 2 rings (SSSR count). The van der Waals surface area contributed by atoms with Gasteiger partial charge in [0.15, 0.2) is 0 Å². The van der Waals surface area contributed by atoms with Crippen LogP contribution >= 0.6 is 0 Å². The largest absolute Gasteiger partial charge is 0.481 e. The van der Waals surface area contributed by atoms with Gasteiger partial charge in [0.25, 0.3) is 0 Å². The molecule has 19 heavy (non-hydrogen) atoms. The first-order valence-electron chi connectivity index (χ1n) is 6.89. The van der Waals surface area contributed by atoms with Crippen LogP contribution in [0.25, 0.3) is 0 Å². The van der Waals surface area contributed by atoms with E-state index in [4.69, 9.17) is 0 Å². The molecule has 1 aromatic carbocycles. The molecule has 1 N–H and O–H groups in total. The highest BCUT2D eigenvalue weighted by Crippen LogP contribution is 2.42. The summed E-state index contributed by atoms with van der Waals surface area (Å²) in [6, 6.07) is 4.22. The number of carboxylic acid groups (broad SMARTS) is 1. The van der Waals surface area contributed by atoms with Crippen molar-refractivity contribution in [3.8, 4) is 0 Å². The molecule has 3 nitrogen and oxygen atoms in total. The van der Waals surface area contributed by atoms with Gasteiger partial charge in [-0.25, -0.2) is 0 Å². The SMILES string of the molecule is Cc1ccc(N(C)CC2(C(=O)O)CCC2)c(C)c1C. The van der Waals surface area contributed by atoms with E-state index < -0.39 is 11.4 Å². The number of rotatable bonds is 4. The van der Waals surface area contributed by atoms with Gasteiger partial charge < -0.3 is 10.0 Å². The van der Waals surface area contributed by atoms with Crippen LogP contribution in [0, 0.1) is 26.2 Å². The van der Waals surface area contributed by atoms with Gasteiger partial charge in [-0.1, -0.05) is 12.5 Å². The summed E-state index contributed by atoms with van der Waals surface area (Å²) < 4.78 is 0. The Bertz CT molecular complexity index is 504. The third-order valence-corrected chi connectivity index (χ3v) is 4.74. The minimum absolute atomic E-state index is 0.528. The molecule has 0 amide bonds. The van der Waals surface area contributed by atoms with Gasteiger partial charge in [-0.15, -0.1) is 0 Å². The van der Waals surface area contributed by atoms with E-state index in [1.807, 2.05) is 7.05 Å². The van der Waals surface area contributed by atoms with Crippen LogP contribution in [-0.2, 0) is 4.79 Å². The lowest BCUT2D eigenvalue weighted by Crippen LogP contribution is -2.47. The topological polar surface area (TPSA) is 40.5 Å². The summed E-state index contributed by atoms with van der Waals surface area (Å²) >= 11 is 0. The van der Waals surface area contributed by atoms with Crippen molar-refractivity contribution in [2.24, 2.45) is 5.41 Å². The molecule has 1 aliphatic rings. The normalized spacial score (nSPS) is 16.8. The van der Waals surface area contributed by atoms with E-state index >= 15 is 0 Å². The van der Waals surface area contributed by atoms with Crippen LogP contribution < -0.4 is 4.90 Å². The Labute approximate surface area is 115 Å². The maximum atomic E-state index is 11.4. The molecule has 0 saturated heterocycles. The van der Waals surface area contributed by atoms with Gasteiger partial charge >= 0.3 is 5.97 Å². The number of aryl methyl sites for hydroxylation is 1. The van der Waals surface area contributed by atoms with Gasteiger partial charge in [-0.3, -0.25) is 4.79 Å². The summed E-state index contributed by atoms with van der Waals surface area (Å²) in [6.07, 6.45) is 2.64. The Kier molecular flexibility index (Phi) is 3.57. The lowest BCUT2D eigenvalue weighted by atomic mass is 9.68. The number of hydrogen-bond donors (Lipinski definition) is 1. The minimum atomic E-state index is -0.646. The van der Waals surface area contributed by atoms with Crippen molar-refractivity contribution in [2.45, 2.75) is 40.0 Å². The van der Waals surface area contributed by atoms with E-state index in [0.717, 1.165) is 24.9 Å². The van der Waals surface area contributed by atoms with Crippen LogP contribution in [0.3, 0.4) is 0 Å². The number of benzene rings is 1. The van der Waals surface area contributed by atoms with Crippen molar-refractivity contribution in [3.05, 3.63) is 28.8 Å². The molecular weight excluding hydrogens is 238 g/mol. The molecule has 0 bridgehead atoms. The minimum Gasteiger partial charge on any atom is -0.481 e. The highest BCUT2D eigenvalue weighted by Gasteiger charge is 2.45. The molecule has 0 aliphatic heterocycles. The highest BCUT2D eigenvalue weighted by molar-refractivity contribution is 5.77. The van der Waals surface area contributed by atoms with Crippen molar-refractivity contribution < 1.29 is 9.90 Å². The molecule has 0 spiro atoms. The molecule has 0 atom stereocenters. The Morgan fingerprint density at radius 2 is 1.89 bits per heavy atom. The van der Waals surface area contributed by atoms with Crippen LogP contribution in [0.2, 0.25) is 0 Å². The van der Waals surface area contributed by atoms with E-state index in [-0.39, 0.29) is 0 Å². The van der Waals surface area contributed by atoms with Gasteiger partial charge in [0, 0.05) is 19.3 Å². The Morgan fingerprint density at radius 3 is 2.37 bits per heavy atom. The second-order valence-corrected chi connectivity index (χ2v) is 5.95. The zero-order chi connectivity index (χ0) is 14.2. The third-order valence-electron chi connectivity index (χ3n) is 4.74. The summed E-state index contributed by atoms with van der Waals surface area (Å²) in [4.78, 5) is 13.6. The maximum Gasteiger partial charge on any atom is 0.311 e. The molecule has 1 aliphatic carbocycles. The molecular formula is C16H23NO2. The highest BCUT2D eigenvalue weighted by atomic mass is 16.4. The standard InChI is InChI=1S/C16H23NO2/c1-11-6-7-14(13(3)12(11)2)17(4)10-16(15(18)19)8-5-9-16/h6-7H,5,8-10H2,1-4H3,(H,18,19). The number of anilines is 1. The molecule has 0 heterocycles. The molecule has 0 radical (unpaired) electrons. The third kappa shape index (κ3) is 2.34. The van der Waals surface area contributed by atoms with E-state index in [2.05, 4.69) is 37.8 Å². The van der Waals surface area contributed by atoms with E-state index in [1.165, 1.54) is 16.7 Å². The van der Waals surface area contributed by atoms with Crippen molar-refractivity contribution in [1.29, 1.82) is 0 Å². The zero-order valence-electron chi connectivity index (χ0n) is 12.3. The monoisotopic (exact) mass is 261 g/mol. The van der Waals surface area contributed by atoms with Gasteiger partial charge in [0.1, 0.15) is 0 Å². The number of aliphatic carboxylic acids is 1. The smallest absolute Gasteiger partial charge is 0.311 e. The van der Waals surface area contributed by atoms with E-state index in [9.17, 15) is 9.90 Å². The first-order valence-corrected chi connectivity index (χ1v) is 6.89.